The van der Waals surface area contributed by atoms with Crippen molar-refractivity contribution < 1.29 is 18.3 Å². The van der Waals surface area contributed by atoms with E-state index in [-0.39, 0.29) is 6.29 Å². The summed E-state index contributed by atoms with van der Waals surface area (Å²) in [5, 5.41) is 0. The maximum atomic E-state index is 12.3. The highest BCUT2D eigenvalue weighted by Crippen LogP contribution is 2.44. The van der Waals surface area contributed by atoms with Crippen molar-refractivity contribution >= 4 is 0 Å². The number of allylic oxidation sites excluding steroid dienone is 3. The smallest absolute Gasteiger partial charge is 0.266 e. The Bertz CT molecular complexity index is 656. The molecule has 0 aromatic carbocycles. The van der Waals surface area contributed by atoms with Gasteiger partial charge in [0.05, 0.1) is 13.2 Å². The molecule has 0 amide bonds. The number of ether oxygens (including phenoxy) is 2. The number of hydrogen-bond donors (Lipinski definition) is 0. The molecule has 4 heteroatoms. The molecule has 0 N–H and O–H groups in total. The Morgan fingerprint density at radius 3 is 1.75 bits per heavy atom. The minimum absolute atomic E-state index is 0.0314. The van der Waals surface area contributed by atoms with Gasteiger partial charge in [-0.2, -0.15) is 8.78 Å². The largest absolute Gasteiger partial charge is 0.352 e. The average molecular weight is 507 g/mol. The van der Waals surface area contributed by atoms with Crippen molar-refractivity contribution in [2.45, 2.75) is 122 Å². The van der Waals surface area contributed by atoms with Gasteiger partial charge in [-0.3, -0.25) is 0 Å². The van der Waals surface area contributed by atoms with Gasteiger partial charge in [0.2, 0.25) is 0 Å². The lowest BCUT2D eigenvalue weighted by Crippen LogP contribution is -2.39. The third-order valence-corrected chi connectivity index (χ3v) is 10.3. The summed E-state index contributed by atoms with van der Waals surface area (Å²) < 4.78 is 37.1. The fourth-order valence-corrected chi connectivity index (χ4v) is 7.82. The van der Waals surface area contributed by atoms with E-state index >= 15 is 0 Å². The maximum Gasteiger partial charge on any atom is 0.266 e. The van der Waals surface area contributed by atoms with Crippen LogP contribution in [0, 0.1) is 41.4 Å². The molecule has 4 aliphatic rings. The summed E-state index contributed by atoms with van der Waals surface area (Å²) in [5.74, 6) is 5.38. The van der Waals surface area contributed by atoms with Crippen molar-refractivity contribution in [3.63, 3.8) is 0 Å². The van der Waals surface area contributed by atoms with E-state index in [2.05, 4.69) is 19.1 Å². The second-order valence-electron chi connectivity index (χ2n) is 12.7. The van der Waals surface area contributed by atoms with Crippen molar-refractivity contribution in [1.82, 2.24) is 0 Å². The zero-order valence-electron chi connectivity index (χ0n) is 22.9. The van der Waals surface area contributed by atoms with Crippen molar-refractivity contribution in [1.29, 1.82) is 0 Å². The van der Waals surface area contributed by atoms with Gasteiger partial charge >= 0.3 is 0 Å². The second-order valence-corrected chi connectivity index (χ2v) is 12.7. The minimum atomic E-state index is -1.52. The molecule has 0 aromatic heterocycles. The van der Waals surface area contributed by atoms with Gasteiger partial charge in [0.15, 0.2) is 6.29 Å². The van der Waals surface area contributed by atoms with E-state index in [1.165, 1.54) is 96.3 Å². The first kappa shape index (κ1) is 28.3. The fourth-order valence-electron chi connectivity index (χ4n) is 7.82. The molecule has 4 fully saturated rings. The molecule has 0 bridgehead atoms. The standard InChI is InChI=1S/C32H52F2O2/c1-2-3-5-24-8-10-26(11-9-24)12-13-27-22-35-32(36-23-27)30-20-18-29(19-21-30)28-16-14-25(15-17-28)6-4-7-31(33)34/h2-3,7,24-30,32H,4-6,8-23H2,1H3/b3-2+. The van der Waals surface area contributed by atoms with Crippen LogP contribution in [-0.2, 0) is 9.47 Å². The molecule has 3 saturated carbocycles. The monoisotopic (exact) mass is 506 g/mol. The highest BCUT2D eigenvalue weighted by atomic mass is 19.3. The van der Waals surface area contributed by atoms with Gasteiger partial charge in [-0.1, -0.05) is 44.3 Å². The summed E-state index contributed by atoms with van der Waals surface area (Å²) in [4.78, 5) is 0. The Kier molecular flexibility index (Phi) is 11.8. The Labute approximate surface area is 219 Å². The summed E-state index contributed by atoms with van der Waals surface area (Å²) in [6.45, 7) is 3.92. The van der Waals surface area contributed by atoms with Crippen molar-refractivity contribution in [2.75, 3.05) is 13.2 Å². The van der Waals surface area contributed by atoms with Crippen LogP contribution in [0.3, 0.4) is 0 Å². The second kappa shape index (κ2) is 15.0. The predicted octanol–water partition coefficient (Wildman–Crippen LogP) is 9.70. The fraction of sp³-hybridized carbons (Fsp3) is 0.875. The summed E-state index contributed by atoms with van der Waals surface area (Å²) in [7, 11) is 0. The van der Waals surface area contributed by atoms with Crippen LogP contribution in [-0.4, -0.2) is 19.5 Å². The van der Waals surface area contributed by atoms with Crippen LogP contribution in [0.25, 0.3) is 0 Å². The molecule has 0 atom stereocenters. The van der Waals surface area contributed by atoms with Crippen molar-refractivity contribution in [3.05, 3.63) is 24.3 Å². The first-order chi connectivity index (χ1) is 17.6. The topological polar surface area (TPSA) is 18.5 Å². The predicted molar refractivity (Wildman–Crippen MR) is 144 cm³/mol. The van der Waals surface area contributed by atoms with Crippen LogP contribution in [0.4, 0.5) is 8.78 Å². The van der Waals surface area contributed by atoms with Gasteiger partial charge in [-0.15, -0.1) is 0 Å². The number of halogens is 2. The molecule has 1 saturated heterocycles. The summed E-state index contributed by atoms with van der Waals surface area (Å²) in [6.07, 6.45) is 25.4. The summed E-state index contributed by atoms with van der Waals surface area (Å²) in [6, 6.07) is 0. The zero-order chi connectivity index (χ0) is 25.2. The van der Waals surface area contributed by atoms with E-state index in [1.54, 1.807) is 0 Å². The van der Waals surface area contributed by atoms with Gasteiger partial charge in [0.25, 0.3) is 6.08 Å². The number of hydrogen-bond acceptors (Lipinski definition) is 2. The average Bonchev–Trinajstić information content (AvgIpc) is 2.92. The normalized spacial score (nSPS) is 38.2. The third-order valence-electron chi connectivity index (χ3n) is 10.3. The quantitative estimate of drug-likeness (QED) is 0.275. The van der Waals surface area contributed by atoms with E-state index in [1.807, 2.05) is 0 Å². The Morgan fingerprint density at radius 1 is 0.639 bits per heavy atom. The Balaban J connectivity index is 1.06. The summed E-state index contributed by atoms with van der Waals surface area (Å²) in [5.41, 5.74) is 0. The molecule has 2 nitrogen and oxygen atoms in total. The summed E-state index contributed by atoms with van der Waals surface area (Å²) >= 11 is 0. The van der Waals surface area contributed by atoms with Crippen LogP contribution < -0.4 is 0 Å². The van der Waals surface area contributed by atoms with E-state index in [0.29, 0.717) is 24.2 Å². The molecule has 0 aromatic rings. The van der Waals surface area contributed by atoms with Crippen molar-refractivity contribution in [2.24, 2.45) is 41.4 Å². The first-order valence-corrected chi connectivity index (χ1v) is 15.5. The molecule has 206 valence electrons. The lowest BCUT2D eigenvalue weighted by Gasteiger charge is -2.41. The lowest BCUT2D eigenvalue weighted by atomic mass is 9.68. The van der Waals surface area contributed by atoms with Gasteiger partial charge < -0.3 is 9.47 Å². The molecule has 1 aliphatic heterocycles. The van der Waals surface area contributed by atoms with Gasteiger partial charge in [0.1, 0.15) is 0 Å². The molecule has 0 unspecified atom stereocenters. The molecular weight excluding hydrogens is 454 g/mol. The van der Waals surface area contributed by atoms with Crippen LogP contribution >= 0.6 is 0 Å². The van der Waals surface area contributed by atoms with Crippen molar-refractivity contribution in [3.8, 4) is 0 Å². The highest BCUT2D eigenvalue weighted by Gasteiger charge is 2.36. The van der Waals surface area contributed by atoms with E-state index < -0.39 is 6.08 Å². The van der Waals surface area contributed by atoms with Crippen LogP contribution in [0.2, 0.25) is 0 Å². The van der Waals surface area contributed by atoms with E-state index in [4.69, 9.17) is 9.47 Å². The van der Waals surface area contributed by atoms with Crippen LogP contribution in [0.15, 0.2) is 24.3 Å². The zero-order valence-corrected chi connectivity index (χ0v) is 22.9. The first-order valence-electron chi connectivity index (χ1n) is 15.5. The Hall–Kier alpha value is -0.740. The van der Waals surface area contributed by atoms with Gasteiger partial charge in [-0.05, 0) is 120 Å². The molecule has 36 heavy (non-hydrogen) atoms. The molecule has 4 rings (SSSR count). The molecule has 1 heterocycles. The molecule has 0 spiro atoms. The molecule has 0 radical (unpaired) electrons. The molecule has 3 aliphatic carbocycles. The highest BCUT2D eigenvalue weighted by molar-refractivity contribution is 4.86. The molecular formula is C32H52F2O2. The van der Waals surface area contributed by atoms with E-state index in [9.17, 15) is 8.78 Å². The third kappa shape index (κ3) is 8.93. The number of rotatable bonds is 10. The van der Waals surface area contributed by atoms with Gasteiger partial charge in [-0.25, -0.2) is 0 Å². The minimum Gasteiger partial charge on any atom is -0.352 e. The van der Waals surface area contributed by atoms with Crippen LogP contribution in [0.1, 0.15) is 116 Å². The lowest BCUT2D eigenvalue weighted by molar-refractivity contribution is -0.230. The Morgan fingerprint density at radius 2 is 1.14 bits per heavy atom. The van der Waals surface area contributed by atoms with E-state index in [0.717, 1.165) is 49.4 Å². The SMILES string of the molecule is C/C=C/CC1CCC(CCC2COC(C3CCC(C4CCC(CCC=C(F)F)CC4)CC3)OC2)CC1. The van der Waals surface area contributed by atoms with Crippen LogP contribution in [0.5, 0.6) is 0 Å². The maximum absolute atomic E-state index is 12.3. The van der Waals surface area contributed by atoms with Gasteiger partial charge in [0, 0.05) is 11.8 Å².